The van der Waals surface area contributed by atoms with E-state index < -0.39 is 0 Å². The molecular weight excluding hydrogens is 464 g/mol. The fourth-order valence-corrected chi connectivity index (χ4v) is 6.48. The van der Waals surface area contributed by atoms with Crippen LogP contribution in [-0.4, -0.2) is 0 Å². The first-order valence-electron chi connectivity index (χ1n) is 13.7. The second-order valence-corrected chi connectivity index (χ2v) is 11.9. The van der Waals surface area contributed by atoms with Crippen LogP contribution >= 0.6 is 0 Å². The summed E-state index contributed by atoms with van der Waals surface area (Å²) in [6, 6.07) is 23.7. The Bertz CT molecular complexity index is 1740. The van der Waals surface area contributed by atoms with Crippen LogP contribution in [0.2, 0.25) is 0 Å². The molecular formula is C35H35N2O+. The summed E-state index contributed by atoms with van der Waals surface area (Å²) < 4.78 is 8.88. The van der Waals surface area contributed by atoms with Gasteiger partial charge in [0.15, 0.2) is 6.20 Å². The van der Waals surface area contributed by atoms with Crippen LogP contribution < -0.4 is 4.57 Å². The zero-order valence-corrected chi connectivity index (χ0v) is 23.1. The zero-order chi connectivity index (χ0) is 26.6. The maximum atomic E-state index is 10.1. The van der Waals surface area contributed by atoms with Crippen LogP contribution in [0, 0.1) is 30.6 Å². The Labute approximate surface area is 225 Å². The monoisotopic (exact) mass is 499 g/mol. The van der Waals surface area contributed by atoms with Crippen molar-refractivity contribution in [3.63, 3.8) is 0 Å². The van der Waals surface area contributed by atoms with E-state index in [0.717, 1.165) is 49.9 Å². The zero-order valence-electron chi connectivity index (χ0n) is 23.1. The van der Waals surface area contributed by atoms with Gasteiger partial charge in [0, 0.05) is 28.5 Å². The summed E-state index contributed by atoms with van der Waals surface area (Å²) in [4.78, 5) is 0. The SMILES string of the molecule is Cc1cc(-c2c(C#N)ccc3c2oc2c(-c4cccc[n+]4C)c(C)ccc23)ccc1C1CCC(C)(C)CC1. The minimum Gasteiger partial charge on any atom is -0.454 e. The molecule has 0 aliphatic heterocycles. The summed E-state index contributed by atoms with van der Waals surface area (Å²) in [6.45, 7) is 9.13. The topological polar surface area (TPSA) is 40.8 Å². The molecule has 0 atom stereocenters. The van der Waals surface area contributed by atoms with Gasteiger partial charge in [0.05, 0.1) is 17.2 Å². The lowest BCUT2D eigenvalue weighted by atomic mass is 9.70. The van der Waals surface area contributed by atoms with E-state index in [1.54, 1.807) is 0 Å². The first kappa shape index (κ1) is 24.4. The Morgan fingerprint density at radius 3 is 2.26 bits per heavy atom. The van der Waals surface area contributed by atoms with E-state index in [1.807, 2.05) is 18.2 Å². The number of benzene rings is 3. The van der Waals surface area contributed by atoms with Crippen molar-refractivity contribution in [2.75, 3.05) is 0 Å². The van der Waals surface area contributed by atoms with Gasteiger partial charge in [0.1, 0.15) is 18.2 Å². The average Bonchev–Trinajstić information content (AvgIpc) is 3.27. The molecule has 0 bridgehead atoms. The number of hydrogen-bond donors (Lipinski definition) is 0. The average molecular weight is 500 g/mol. The Morgan fingerprint density at radius 1 is 0.868 bits per heavy atom. The highest BCUT2D eigenvalue weighted by Crippen LogP contribution is 2.45. The third kappa shape index (κ3) is 4.00. The predicted molar refractivity (Wildman–Crippen MR) is 155 cm³/mol. The summed E-state index contributed by atoms with van der Waals surface area (Å²) in [6.07, 6.45) is 7.10. The number of furan rings is 1. The maximum Gasteiger partial charge on any atom is 0.216 e. The number of aromatic nitrogens is 1. The summed E-state index contributed by atoms with van der Waals surface area (Å²) in [7, 11) is 2.06. The molecule has 0 saturated heterocycles. The fraction of sp³-hybridized carbons (Fsp3) is 0.314. The molecule has 5 aromatic rings. The van der Waals surface area contributed by atoms with Crippen molar-refractivity contribution >= 4 is 21.9 Å². The maximum absolute atomic E-state index is 10.1. The minimum atomic E-state index is 0.455. The van der Waals surface area contributed by atoms with Gasteiger partial charge in [-0.1, -0.05) is 44.2 Å². The number of pyridine rings is 1. The van der Waals surface area contributed by atoms with E-state index in [4.69, 9.17) is 4.42 Å². The standard InChI is InChI=1S/C35H35N2O/c1-22-9-12-28-29-14-11-26(21-36)32(34(29)38-33(28)31(22)30-8-6-7-19-37(30)5)25-10-13-27(23(2)20-25)24-15-17-35(3,4)18-16-24/h6-14,19-20,24H,15-18H2,1-5H3/q+1. The summed E-state index contributed by atoms with van der Waals surface area (Å²) in [5, 5.41) is 12.2. The Morgan fingerprint density at radius 2 is 1.58 bits per heavy atom. The highest BCUT2D eigenvalue weighted by Gasteiger charge is 2.29. The highest BCUT2D eigenvalue weighted by molar-refractivity contribution is 6.14. The van der Waals surface area contributed by atoms with Gasteiger partial charge >= 0.3 is 0 Å². The molecule has 1 fully saturated rings. The van der Waals surface area contributed by atoms with Crippen LogP contribution in [0.1, 0.15) is 67.7 Å². The summed E-state index contributed by atoms with van der Waals surface area (Å²) in [5.41, 5.74) is 10.8. The molecule has 1 saturated carbocycles. The Hall–Kier alpha value is -3.90. The molecule has 1 aliphatic carbocycles. The molecule has 0 radical (unpaired) electrons. The van der Waals surface area contributed by atoms with Gasteiger partial charge in [-0.2, -0.15) is 5.26 Å². The van der Waals surface area contributed by atoms with Crippen molar-refractivity contribution in [1.82, 2.24) is 0 Å². The van der Waals surface area contributed by atoms with Gasteiger partial charge in [-0.05, 0) is 91.3 Å². The molecule has 38 heavy (non-hydrogen) atoms. The van der Waals surface area contributed by atoms with Crippen molar-refractivity contribution < 1.29 is 8.98 Å². The van der Waals surface area contributed by atoms with Crippen LogP contribution in [0.5, 0.6) is 0 Å². The van der Waals surface area contributed by atoms with Gasteiger partial charge in [0.2, 0.25) is 5.69 Å². The number of aryl methyl sites for hydroxylation is 3. The van der Waals surface area contributed by atoms with Crippen LogP contribution in [-0.2, 0) is 7.05 Å². The van der Waals surface area contributed by atoms with Crippen molar-refractivity contribution in [2.24, 2.45) is 12.5 Å². The van der Waals surface area contributed by atoms with Crippen molar-refractivity contribution in [3.8, 4) is 28.5 Å². The molecule has 1 aliphatic rings. The van der Waals surface area contributed by atoms with Gasteiger partial charge in [-0.3, -0.25) is 0 Å². The minimum absolute atomic E-state index is 0.455. The second-order valence-electron chi connectivity index (χ2n) is 11.9. The summed E-state index contributed by atoms with van der Waals surface area (Å²) in [5.74, 6) is 0.617. The molecule has 0 N–H and O–H groups in total. The lowest BCUT2D eigenvalue weighted by molar-refractivity contribution is -0.660. The van der Waals surface area contributed by atoms with Gasteiger partial charge in [-0.25, -0.2) is 4.57 Å². The van der Waals surface area contributed by atoms with Crippen LogP contribution in [0.15, 0.2) is 71.3 Å². The molecule has 6 rings (SSSR count). The largest absolute Gasteiger partial charge is 0.454 e. The van der Waals surface area contributed by atoms with E-state index in [-0.39, 0.29) is 0 Å². The first-order chi connectivity index (χ1) is 18.3. The van der Waals surface area contributed by atoms with Crippen LogP contribution in [0.25, 0.3) is 44.3 Å². The molecule has 2 heterocycles. The number of rotatable bonds is 3. The molecule has 0 unspecified atom stereocenters. The first-order valence-corrected chi connectivity index (χ1v) is 13.7. The van der Waals surface area contributed by atoms with Gasteiger partial charge < -0.3 is 4.42 Å². The van der Waals surface area contributed by atoms with Crippen molar-refractivity contribution in [1.29, 1.82) is 5.26 Å². The van der Waals surface area contributed by atoms with Crippen LogP contribution in [0.3, 0.4) is 0 Å². The van der Waals surface area contributed by atoms with Crippen molar-refractivity contribution in [2.45, 2.75) is 59.3 Å². The normalized spacial score (nSPS) is 15.7. The Balaban J connectivity index is 1.53. The quantitative estimate of drug-likeness (QED) is 0.233. The number of fused-ring (bicyclic) bond motifs is 3. The number of nitriles is 1. The van der Waals surface area contributed by atoms with E-state index in [1.165, 1.54) is 36.8 Å². The second kappa shape index (κ2) is 9.14. The van der Waals surface area contributed by atoms with Crippen molar-refractivity contribution in [3.05, 3.63) is 89.1 Å². The lowest BCUT2D eigenvalue weighted by Gasteiger charge is -2.35. The molecule has 3 aromatic carbocycles. The summed E-state index contributed by atoms with van der Waals surface area (Å²) >= 11 is 0. The van der Waals surface area contributed by atoms with Crippen LogP contribution in [0.4, 0.5) is 0 Å². The van der Waals surface area contributed by atoms with E-state index in [0.29, 0.717) is 16.9 Å². The highest BCUT2D eigenvalue weighted by atomic mass is 16.3. The van der Waals surface area contributed by atoms with E-state index in [2.05, 4.69) is 94.0 Å². The Kier molecular flexibility index (Phi) is 5.88. The fourth-order valence-electron chi connectivity index (χ4n) is 6.48. The third-order valence-electron chi connectivity index (χ3n) is 8.79. The molecule has 0 spiro atoms. The molecule has 3 nitrogen and oxygen atoms in total. The molecule has 190 valence electrons. The predicted octanol–water partition coefficient (Wildman–Crippen LogP) is 8.92. The van der Waals surface area contributed by atoms with E-state index >= 15 is 0 Å². The lowest BCUT2D eigenvalue weighted by Crippen LogP contribution is -2.30. The number of hydrogen-bond acceptors (Lipinski definition) is 2. The molecule has 0 amide bonds. The molecule has 3 heteroatoms. The van der Waals surface area contributed by atoms with Gasteiger partial charge in [0.25, 0.3) is 0 Å². The number of nitrogens with zero attached hydrogens (tertiary/aromatic N) is 2. The smallest absolute Gasteiger partial charge is 0.216 e. The third-order valence-corrected chi connectivity index (χ3v) is 8.79. The van der Waals surface area contributed by atoms with E-state index in [9.17, 15) is 5.26 Å². The molecule has 2 aromatic heterocycles. The van der Waals surface area contributed by atoms with Gasteiger partial charge in [-0.15, -0.1) is 0 Å².